The number of anilines is 1. The van der Waals surface area contributed by atoms with Gasteiger partial charge in [0.2, 0.25) is 0 Å². The maximum Gasteiger partial charge on any atom is 0.259 e. The second-order valence-electron chi connectivity index (χ2n) is 7.67. The van der Waals surface area contributed by atoms with Gasteiger partial charge in [-0.05, 0) is 25.1 Å². The van der Waals surface area contributed by atoms with Gasteiger partial charge in [-0.15, -0.1) is 0 Å². The summed E-state index contributed by atoms with van der Waals surface area (Å²) in [5, 5.41) is 11.0. The molecular formula is C26H19N5O. The number of aromatic nitrogens is 4. The van der Waals surface area contributed by atoms with Crippen LogP contribution in [0.4, 0.5) is 5.82 Å². The van der Waals surface area contributed by atoms with E-state index in [1.165, 1.54) is 0 Å². The number of hydrogen-bond acceptors (Lipinski definition) is 5. The molecule has 0 amide bonds. The fourth-order valence-electron chi connectivity index (χ4n) is 4.28. The van der Waals surface area contributed by atoms with E-state index in [9.17, 15) is 0 Å². The van der Waals surface area contributed by atoms with Gasteiger partial charge in [0.1, 0.15) is 11.5 Å². The van der Waals surface area contributed by atoms with Crippen molar-refractivity contribution in [1.82, 2.24) is 19.9 Å². The Balaban J connectivity index is 1.74. The Bertz CT molecular complexity index is 1580. The Morgan fingerprint density at radius 1 is 0.812 bits per heavy atom. The number of nitrogen functional groups attached to an aromatic ring is 1. The van der Waals surface area contributed by atoms with E-state index >= 15 is 0 Å². The minimum Gasteiger partial charge on any atom is -0.383 e. The molecule has 0 unspecified atom stereocenters. The number of hydrogen-bond donors (Lipinski definition) is 1. The average molecular weight is 417 g/mol. The number of para-hydroxylation sites is 2. The smallest absolute Gasteiger partial charge is 0.259 e. The van der Waals surface area contributed by atoms with Crippen LogP contribution >= 0.6 is 0 Å². The van der Waals surface area contributed by atoms with Gasteiger partial charge in [-0.2, -0.15) is 5.10 Å². The molecule has 3 heterocycles. The number of benzene rings is 3. The van der Waals surface area contributed by atoms with E-state index in [1.54, 1.807) is 4.68 Å². The van der Waals surface area contributed by atoms with Gasteiger partial charge in [-0.1, -0.05) is 71.9 Å². The molecular weight excluding hydrogens is 398 g/mol. The highest BCUT2D eigenvalue weighted by Crippen LogP contribution is 2.43. The van der Waals surface area contributed by atoms with Crippen LogP contribution in [0.5, 0.6) is 0 Å². The minimum atomic E-state index is 0.476. The van der Waals surface area contributed by atoms with Gasteiger partial charge in [0.15, 0.2) is 0 Å². The molecule has 0 saturated heterocycles. The molecule has 3 aromatic carbocycles. The van der Waals surface area contributed by atoms with Gasteiger partial charge in [0, 0.05) is 22.1 Å². The van der Waals surface area contributed by atoms with Crippen molar-refractivity contribution in [2.24, 2.45) is 0 Å². The number of aryl methyl sites for hydroxylation is 1. The molecule has 6 rings (SSSR count). The Labute approximate surface area is 183 Å². The van der Waals surface area contributed by atoms with Crippen LogP contribution in [0.25, 0.3) is 50.1 Å². The molecule has 0 aliphatic heterocycles. The largest absolute Gasteiger partial charge is 0.383 e. The molecule has 6 nitrogen and oxygen atoms in total. The predicted molar refractivity (Wildman–Crippen MR) is 126 cm³/mol. The third-order valence-corrected chi connectivity index (χ3v) is 5.71. The van der Waals surface area contributed by atoms with Crippen molar-refractivity contribution in [3.05, 3.63) is 90.6 Å². The summed E-state index contributed by atoms with van der Waals surface area (Å²) in [5.74, 6) is 0.562. The van der Waals surface area contributed by atoms with Gasteiger partial charge in [0.25, 0.3) is 5.71 Å². The normalized spacial score (nSPS) is 11.4. The molecule has 6 aromatic rings. The van der Waals surface area contributed by atoms with Crippen molar-refractivity contribution in [2.45, 2.75) is 6.92 Å². The van der Waals surface area contributed by atoms with Crippen LogP contribution in [-0.2, 0) is 0 Å². The Morgan fingerprint density at radius 2 is 1.50 bits per heavy atom. The molecule has 32 heavy (non-hydrogen) atoms. The summed E-state index contributed by atoms with van der Waals surface area (Å²) in [5.41, 5.74) is 13.2. The Kier molecular flexibility index (Phi) is 4.04. The molecule has 0 aliphatic rings. The molecule has 2 N–H and O–H groups in total. The van der Waals surface area contributed by atoms with E-state index in [0.717, 1.165) is 50.1 Å². The molecule has 0 atom stereocenters. The number of nitrogens with two attached hydrogens (primary N) is 1. The lowest BCUT2D eigenvalue weighted by atomic mass is 9.95. The summed E-state index contributed by atoms with van der Waals surface area (Å²) in [6.07, 6.45) is 0. The van der Waals surface area contributed by atoms with E-state index in [2.05, 4.69) is 11.2 Å². The Morgan fingerprint density at radius 3 is 2.28 bits per heavy atom. The lowest BCUT2D eigenvalue weighted by molar-refractivity contribution is 0.452. The van der Waals surface area contributed by atoms with Gasteiger partial charge >= 0.3 is 0 Å². The zero-order valence-electron chi connectivity index (χ0n) is 17.4. The third kappa shape index (κ3) is 2.70. The highest BCUT2D eigenvalue weighted by molar-refractivity contribution is 6.14. The van der Waals surface area contributed by atoms with Gasteiger partial charge < -0.3 is 10.3 Å². The van der Waals surface area contributed by atoms with Gasteiger partial charge in [-0.3, -0.25) is 0 Å². The third-order valence-electron chi connectivity index (χ3n) is 5.71. The predicted octanol–water partition coefficient (Wildman–Crippen LogP) is 5.79. The zero-order chi connectivity index (χ0) is 21.7. The van der Waals surface area contributed by atoms with Crippen molar-refractivity contribution in [2.75, 3.05) is 5.73 Å². The number of pyridine rings is 1. The SMILES string of the molecule is Cc1nn(-c2ccccc2)c(N)c1-c1c2ccccc2nc2onc(-c3ccccc3)c12. The molecule has 0 fully saturated rings. The molecule has 0 aliphatic carbocycles. The molecule has 6 heteroatoms. The van der Waals surface area contributed by atoms with Crippen molar-refractivity contribution in [1.29, 1.82) is 0 Å². The number of fused-ring (bicyclic) bond motifs is 2. The van der Waals surface area contributed by atoms with Crippen LogP contribution < -0.4 is 5.73 Å². The van der Waals surface area contributed by atoms with Crippen molar-refractivity contribution in [3.63, 3.8) is 0 Å². The van der Waals surface area contributed by atoms with E-state index in [1.807, 2.05) is 85.8 Å². The first-order valence-electron chi connectivity index (χ1n) is 10.4. The number of rotatable bonds is 3. The van der Waals surface area contributed by atoms with Crippen molar-refractivity contribution in [3.8, 4) is 28.1 Å². The Hall–Kier alpha value is -4.45. The molecule has 154 valence electrons. The topological polar surface area (TPSA) is 82.8 Å². The van der Waals surface area contributed by atoms with Crippen LogP contribution in [-0.4, -0.2) is 19.9 Å². The molecule has 0 bridgehead atoms. The summed E-state index contributed by atoms with van der Waals surface area (Å²) >= 11 is 0. The molecule has 0 spiro atoms. The summed E-state index contributed by atoms with van der Waals surface area (Å²) in [6.45, 7) is 1.97. The maximum atomic E-state index is 6.74. The quantitative estimate of drug-likeness (QED) is 0.394. The molecule has 3 aromatic heterocycles. The maximum absolute atomic E-state index is 6.74. The van der Waals surface area contributed by atoms with E-state index < -0.39 is 0 Å². The van der Waals surface area contributed by atoms with E-state index in [-0.39, 0.29) is 0 Å². The first-order valence-corrected chi connectivity index (χ1v) is 10.4. The first kappa shape index (κ1) is 18.3. The molecule has 0 saturated carbocycles. The van der Waals surface area contributed by atoms with E-state index in [0.29, 0.717) is 11.5 Å². The highest BCUT2D eigenvalue weighted by Gasteiger charge is 2.25. The standard InChI is InChI=1S/C26H19N5O/c1-16-21(25(27)31(29-16)18-12-6-3-7-13-18)22-19-14-8-9-15-20(19)28-26-23(22)24(30-32-26)17-10-4-2-5-11-17/h2-15H,27H2,1H3. The zero-order valence-corrected chi connectivity index (χ0v) is 17.4. The van der Waals surface area contributed by atoms with Crippen molar-refractivity contribution < 1.29 is 4.52 Å². The monoisotopic (exact) mass is 417 g/mol. The van der Waals surface area contributed by atoms with Gasteiger partial charge in [0.05, 0.1) is 22.3 Å². The minimum absolute atomic E-state index is 0.476. The lowest BCUT2D eigenvalue weighted by Crippen LogP contribution is -2.02. The van der Waals surface area contributed by atoms with Crippen LogP contribution in [0.2, 0.25) is 0 Å². The van der Waals surface area contributed by atoms with Crippen molar-refractivity contribution >= 4 is 27.8 Å². The summed E-state index contributed by atoms with van der Waals surface area (Å²) in [7, 11) is 0. The fraction of sp³-hybridized carbons (Fsp3) is 0.0385. The van der Waals surface area contributed by atoms with E-state index in [4.69, 9.17) is 20.3 Å². The van der Waals surface area contributed by atoms with Crippen LogP contribution in [0.1, 0.15) is 5.69 Å². The second kappa shape index (κ2) is 7.06. The van der Waals surface area contributed by atoms with Crippen LogP contribution in [0, 0.1) is 6.92 Å². The summed E-state index contributed by atoms with van der Waals surface area (Å²) in [6, 6.07) is 27.8. The lowest BCUT2D eigenvalue weighted by Gasteiger charge is -2.10. The second-order valence-corrected chi connectivity index (χ2v) is 7.67. The number of nitrogens with zero attached hydrogens (tertiary/aromatic N) is 4. The highest BCUT2D eigenvalue weighted by atomic mass is 16.5. The van der Waals surface area contributed by atoms with Crippen LogP contribution in [0.3, 0.4) is 0 Å². The fourth-order valence-corrected chi connectivity index (χ4v) is 4.28. The first-order chi connectivity index (χ1) is 15.7. The van der Waals surface area contributed by atoms with Crippen LogP contribution in [0.15, 0.2) is 89.5 Å². The summed E-state index contributed by atoms with van der Waals surface area (Å²) in [4.78, 5) is 4.74. The summed E-state index contributed by atoms with van der Waals surface area (Å²) < 4.78 is 7.49. The molecule has 0 radical (unpaired) electrons. The average Bonchev–Trinajstić information content (AvgIpc) is 3.39. The van der Waals surface area contributed by atoms with Gasteiger partial charge in [-0.25, -0.2) is 9.67 Å².